The Balaban J connectivity index is 2.36. The van der Waals surface area contributed by atoms with Crippen LogP contribution in [0.15, 0.2) is 29.3 Å². The van der Waals surface area contributed by atoms with Crippen molar-refractivity contribution in [2.75, 3.05) is 13.1 Å². The van der Waals surface area contributed by atoms with Crippen molar-refractivity contribution in [2.24, 2.45) is 10.7 Å². The molecule has 1 unspecified atom stereocenters. The summed E-state index contributed by atoms with van der Waals surface area (Å²) in [6.07, 6.45) is 0.987. The van der Waals surface area contributed by atoms with Gasteiger partial charge < -0.3 is 10.6 Å². The first-order valence-electron chi connectivity index (χ1n) is 5.91. The lowest BCUT2D eigenvalue weighted by molar-refractivity contribution is 0.224. The molecule has 1 aromatic carbocycles. The van der Waals surface area contributed by atoms with E-state index in [9.17, 15) is 4.39 Å². The van der Waals surface area contributed by atoms with Gasteiger partial charge in [-0.05, 0) is 31.0 Å². The fraction of sp³-hybridized carbons (Fsp3) is 0.462. The molecule has 1 aliphatic rings. The number of benzene rings is 1. The molecule has 1 atom stereocenters. The second-order valence-corrected chi connectivity index (χ2v) is 4.61. The molecule has 4 heteroatoms. The van der Waals surface area contributed by atoms with Gasteiger partial charge in [0, 0.05) is 6.54 Å². The molecule has 0 aliphatic carbocycles. The lowest BCUT2D eigenvalue weighted by Gasteiger charge is -2.36. The van der Waals surface area contributed by atoms with Crippen LogP contribution in [0.2, 0.25) is 0 Å². The molecule has 2 N–H and O–H groups in total. The van der Waals surface area contributed by atoms with E-state index >= 15 is 0 Å². The van der Waals surface area contributed by atoms with Crippen LogP contribution < -0.4 is 5.73 Å². The van der Waals surface area contributed by atoms with Crippen LogP contribution in [-0.4, -0.2) is 23.9 Å². The van der Waals surface area contributed by atoms with E-state index in [1.807, 2.05) is 6.07 Å². The average Bonchev–Trinajstić information content (AvgIpc) is 2.59. The largest absolute Gasteiger partial charge is 0.370 e. The van der Waals surface area contributed by atoms with Crippen LogP contribution in [0.5, 0.6) is 0 Å². The summed E-state index contributed by atoms with van der Waals surface area (Å²) in [6, 6.07) is 6.68. The van der Waals surface area contributed by atoms with Crippen molar-refractivity contribution in [2.45, 2.75) is 25.8 Å². The van der Waals surface area contributed by atoms with Crippen molar-refractivity contribution >= 4 is 5.96 Å². The van der Waals surface area contributed by atoms with Gasteiger partial charge in [-0.15, -0.1) is 0 Å². The Morgan fingerprint density at radius 1 is 1.53 bits per heavy atom. The molecule has 0 radical (unpaired) electrons. The fourth-order valence-corrected chi connectivity index (χ4v) is 2.31. The van der Waals surface area contributed by atoms with Gasteiger partial charge >= 0.3 is 0 Å². The molecular weight excluding hydrogens is 217 g/mol. The first-order chi connectivity index (χ1) is 8.08. The molecule has 3 nitrogen and oxygen atoms in total. The Kier molecular flexibility index (Phi) is 3.05. The highest BCUT2D eigenvalue weighted by atomic mass is 19.1. The first-order valence-corrected chi connectivity index (χ1v) is 5.91. The Hall–Kier alpha value is -1.58. The highest BCUT2D eigenvalue weighted by Crippen LogP contribution is 2.32. The van der Waals surface area contributed by atoms with Crippen LogP contribution >= 0.6 is 0 Å². The third-order valence-electron chi connectivity index (χ3n) is 3.31. The summed E-state index contributed by atoms with van der Waals surface area (Å²) in [5.41, 5.74) is 6.51. The zero-order chi connectivity index (χ0) is 12.5. The van der Waals surface area contributed by atoms with Gasteiger partial charge in [0.15, 0.2) is 5.96 Å². The Bertz CT molecular complexity index is 444. The molecule has 2 rings (SSSR count). The predicted octanol–water partition coefficient (Wildman–Crippen LogP) is 2.08. The maximum atomic E-state index is 13.3. The number of hydrogen-bond acceptors (Lipinski definition) is 3. The third kappa shape index (κ3) is 1.99. The van der Waals surface area contributed by atoms with Gasteiger partial charge in [0.25, 0.3) is 0 Å². The maximum Gasteiger partial charge on any atom is 0.192 e. The van der Waals surface area contributed by atoms with Crippen LogP contribution in [0.3, 0.4) is 0 Å². The van der Waals surface area contributed by atoms with Crippen LogP contribution in [0.25, 0.3) is 0 Å². The van der Waals surface area contributed by atoms with Gasteiger partial charge in [-0.1, -0.05) is 19.1 Å². The van der Waals surface area contributed by atoms with E-state index < -0.39 is 0 Å². The fourth-order valence-electron chi connectivity index (χ4n) is 2.31. The molecule has 0 saturated carbocycles. The second-order valence-electron chi connectivity index (χ2n) is 4.61. The normalized spacial score (nSPS) is 23.9. The summed E-state index contributed by atoms with van der Waals surface area (Å²) < 4.78 is 13.3. The topological polar surface area (TPSA) is 41.6 Å². The van der Waals surface area contributed by atoms with Gasteiger partial charge in [-0.2, -0.15) is 0 Å². The van der Waals surface area contributed by atoms with Crippen LogP contribution in [0.4, 0.5) is 4.39 Å². The molecule has 0 fully saturated rings. The summed E-state index contributed by atoms with van der Waals surface area (Å²) in [4.78, 5) is 6.35. The lowest BCUT2D eigenvalue weighted by Crippen LogP contribution is -2.47. The molecule has 92 valence electrons. The van der Waals surface area contributed by atoms with Crippen LogP contribution in [-0.2, 0) is 5.54 Å². The minimum atomic E-state index is -0.317. The zero-order valence-electron chi connectivity index (χ0n) is 10.3. The molecule has 0 saturated heterocycles. The SMILES string of the molecule is CCCN1C(N)=NCC1(C)c1cccc(F)c1. The van der Waals surface area contributed by atoms with E-state index in [0.29, 0.717) is 12.5 Å². The number of nitrogens with two attached hydrogens (primary N) is 1. The predicted molar refractivity (Wildman–Crippen MR) is 67.2 cm³/mol. The summed E-state index contributed by atoms with van der Waals surface area (Å²) >= 11 is 0. The maximum absolute atomic E-state index is 13.3. The smallest absolute Gasteiger partial charge is 0.192 e. The molecule has 17 heavy (non-hydrogen) atoms. The van der Waals surface area contributed by atoms with Crippen molar-refractivity contribution in [1.82, 2.24) is 4.90 Å². The molecule has 1 aliphatic heterocycles. The molecule has 1 aromatic rings. The van der Waals surface area contributed by atoms with E-state index in [2.05, 4.69) is 23.7 Å². The minimum absolute atomic E-state index is 0.217. The van der Waals surface area contributed by atoms with Gasteiger partial charge in [-0.25, -0.2) is 4.39 Å². The lowest BCUT2D eigenvalue weighted by atomic mass is 9.91. The number of aliphatic imine (C=N–C) groups is 1. The molecule has 0 amide bonds. The number of rotatable bonds is 3. The van der Waals surface area contributed by atoms with Crippen LogP contribution in [0, 0.1) is 5.82 Å². The Morgan fingerprint density at radius 3 is 2.94 bits per heavy atom. The summed E-state index contributed by atoms with van der Waals surface area (Å²) in [7, 11) is 0. The number of guanidine groups is 1. The average molecular weight is 235 g/mol. The summed E-state index contributed by atoms with van der Waals surface area (Å²) in [5, 5.41) is 0. The zero-order valence-corrected chi connectivity index (χ0v) is 10.3. The second kappa shape index (κ2) is 4.35. The highest BCUT2D eigenvalue weighted by Gasteiger charge is 2.38. The number of hydrogen-bond donors (Lipinski definition) is 1. The molecule has 0 bridgehead atoms. The minimum Gasteiger partial charge on any atom is -0.370 e. The van der Waals surface area contributed by atoms with E-state index in [1.165, 1.54) is 6.07 Å². The van der Waals surface area contributed by atoms with E-state index in [0.717, 1.165) is 18.5 Å². The molecule has 0 spiro atoms. The number of nitrogens with zero attached hydrogens (tertiary/aromatic N) is 2. The van der Waals surface area contributed by atoms with Gasteiger partial charge in [0.1, 0.15) is 5.82 Å². The van der Waals surface area contributed by atoms with Crippen molar-refractivity contribution < 1.29 is 4.39 Å². The number of halogens is 1. The Labute approximate surface area is 101 Å². The van der Waals surface area contributed by atoms with E-state index in [1.54, 1.807) is 12.1 Å². The first kappa shape index (κ1) is 11.9. The third-order valence-corrected chi connectivity index (χ3v) is 3.31. The standard InChI is InChI=1S/C13H18FN3/c1-3-7-17-12(15)16-9-13(17,2)10-5-4-6-11(14)8-10/h4-6,8H,3,7,9H2,1-2H3,(H2,15,16). The Morgan fingerprint density at radius 2 is 2.29 bits per heavy atom. The van der Waals surface area contributed by atoms with Crippen molar-refractivity contribution in [3.63, 3.8) is 0 Å². The molecule has 1 heterocycles. The van der Waals surface area contributed by atoms with Crippen molar-refractivity contribution in [1.29, 1.82) is 0 Å². The molecular formula is C13H18FN3. The van der Waals surface area contributed by atoms with E-state index in [-0.39, 0.29) is 11.4 Å². The highest BCUT2D eigenvalue weighted by molar-refractivity contribution is 5.81. The monoisotopic (exact) mass is 235 g/mol. The van der Waals surface area contributed by atoms with Crippen molar-refractivity contribution in [3.8, 4) is 0 Å². The summed E-state index contributed by atoms with van der Waals surface area (Å²) in [6.45, 7) is 5.57. The summed E-state index contributed by atoms with van der Waals surface area (Å²) in [5.74, 6) is 0.337. The van der Waals surface area contributed by atoms with Gasteiger partial charge in [0.2, 0.25) is 0 Å². The van der Waals surface area contributed by atoms with Gasteiger partial charge in [-0.3, -0.25) is 4.99 Å². The quantitative estimate of drug-likeness (QED) is 0.871. The van der Waals surface area contributed by atoms with E-state index in [4.69, 9.17) is 5.73 Å². The molecule has 0 aromatic heterocycles. The van der Waals surface area contributed by atoms with Crippen molar-refractivity contribution in [3.05, 3.63) is 35.6 Å². The van der Waals surface area contributed by atoms with Gasteiger partial charge in [0.05, 0.1) is 12.1 Å². The van der Waals surface area contributed by atoms with Crippen LogP contribution in [0.1, 0.15) is 25.8 Å².